The number of hydrogen-bond acceptors (Lipinski definition) is 8. The van der Waals surface area contributed by atoms with Gasteiger partial charge in [-0.15, -0.1) is 11.8 Å². The van der Waals surface area contributed by atoms with E-state index in [2.05, 4.69) is 20.4 Å². The number of ether oxygens (including phenoxy) is 3. The van der Waals surface area contributed by atoms with Crippen LogP contribution in [0.4, 0.5) is 5.82 Å². The predicted molar refractivity (Wildman–Crippen MR) is 113 cm³/mol. The second-order valence-corrected chi connectivity index (χ2v) is 7.60. The average Bonchev–Trinajstić information content (AvgIpc) is 2.98. The predicted octanol–water partition coefficient (Wildman–Crippen LogP) is 2.77. The highest BCUT2D eigenvalue weighted by Gasteiger charge is 2.32. The average molecular weight is 427 g/mol. The highest BCUT2D eigenvalue weighted by atomic mass is 32.2. The summed E-state index contributed by atoms with van der Waals surface area (Å²) in [5.74, 6) is 2.73. The molecule has 3 heterocycles. The lowest BCUT2D eigenvalue weighted by atomic mass is 10.0. The van der Waals surface area contributed by atoms with E-state index in [9.17, 15) is 4.79 Å². The maximum Gasteiger partial charge on any atom is 0.252 e. The quantitative estimate of drug-likeness (QED) is 0.663. The van der Waals surface area contributed by atoms with Gasteiger partial charge in [-0.25, -0.2) is 9.97 Å². The Balaban J connectivity index is 1.90. The summed E-state index contributed by atoms with van der Waals surface area (Å²) in [6, 6.07) is 5.52. The zero-order chi connectivity index (χ0) is 21.3. The number of aromatic nitrogens is 4. The Kier molecular flexibility index (Phi) is 5.49. The Labute approximate surface area is 177 Å². The maximum atomic E-state index is 12.5. The van der Waals surface area contributed by atoms with Gasteiger partial charge in [0, 0.05) is 18.0 Å². The monoisotopic (exact) mass is 427 g/mol. The van der Waals surface area contributed by atoms with Crippen molar-refractivity contribution in [2.45, 2.75) is 12.2 Å². The first-order chi connectivity index (χ1) is 14.6. The van der Waals surface area contributed by atoms with Crippen LogP contribution in [-0.4, -0.2) is 52.7 Å². The van der Waals surface area contributed by atoms with E-state index in [1.165, 1.54) is 11.8 Å². The van der Waals surface area contributed by atoms with Crippen LogP contribution in [0.5, 0.6) is 17.2 Å². The number of aryl methyl sites for hydroxylation is 1. The van der Waals surface area contributed by atoms with E-state index in [-0.39, 0.29) is 16.9 Å². The standard InChI is InChI=1S/C20H21N5O4S/c1-11-16-18(12-8-13(27-2)17(29-4)14(9-12)28-3)30-10-15(26)23-19(16)25(24-11)20-21-6-5-7-22-20/h5-9,18H,10H2,1-4H3,(H,23,26)/t18-/m0/s1. The van der Waals surface area contributed by atoms with E-state index in [1.54, 1.807) is 44.5 Å². The summed E-state index contributed by atoms with van der Waals surface area (Å²) >= 11 is 1.50. The number of nitrogens with zero attached hydrogens (tertiary/aromatic N) is 4. The maximum absolute atomic E-state index is 12.5. The number of benzene rings is 1. The van der Waals surface area contributed by atoms with E-state index in [4.69, 9.17) is 14.2 Å². The lowest BCUT2D eigenvalue weighted by Crippen LogP contribution is -2.16. The van der Waals surface area contributed by atoms with Crippen LogP contribution in [0.25, 0.3) is 5.95 Å². The molecule has 156 valence electrons. The van der Waals surface area contributed by atoms with Gasteiger partial charge in [-0.2, -0.15) is 9.78 Å². The SMILES string of the molecule is COc1cc([C@@H]2SCC(=O)Nc3c2c(C)nn3-c2ncccn2)cc(OC)c1OC. The van der Waals surface area contributed by atoms with Gasteiger partial charge in [0.25, 0.3) is 5.95 Å². The molecule has 10 heteroatoms. The van der Waals surface area contributed by atoms with Crippen molar-refractivity contribution >= 4 is 23.5 Å². The minimum atomic E-state index is -0.190. The Bertz CT molecular complexity index is 1060. The van der Waals surface area contributed by atoms with Gasteiger partial charge in [0.2, 0.25) is 11.7 Å². The highest BCUT2D eigenvalue weighted by Crippen LogP contribution is 2.48. The van der Waals surface area contributed by atoms with Gasteiger partial charge in [0.15, 0.2) is 11.5 Å². The van der Waals surface area contributed by atoms with Gasteiger partial charge >= 0.3 is 0 Å². The third kappa shape index (κ3) is 3.43. The summed E-state index contributed by atoms with van der Waals surface area (Å²) in [5.41, 5.74) is 2.56. The topological polar surface area (TPSA) is 100 Å². The molecule has 1 amide bonds. The zero-order valence-electron chi connectivity index (χ0n) is 17.0. The third-order valence-electron chi connectivity index (χ3n) is 4.74. The van der Waals surface area contributed by atoms with Gasteiger partial charge in [-0.1, -0.05) is 0 Å². The molecule has 0 radical (unpaired) electrons. The zero-order valence-corrected chi connectivity index (χ0v) is 17.8. The number of carbonyl (C=O) groups is 1. The summed E-state index contributed by atoms with van der Waals surface area (Å²) in [5, 5.41) is 7.38. The van der Waals surface area contributed by atoms with Crippen molar-refractivity contribution in [3.8, 4) is 23.2 Å². The normalized spacial score (nSPS) is 15.7. The number of anilines is 1. The molecule has 0 aliphatic carbocycles. The molecule has 2 aromatic heterocycles. The number of nitrogens with one attached hydrogen (secondary N) is 1. The fourth-order valence-corrected chi connectivity index (χ4v) is 4.61. The molecule has 0 fully saturated rings. The number of amides is 1. The summed E-state index contributed by atoms with van der Waals surface area (Å²) in [6.07, 6.45) is 3.27. The molecule has 1 N–H and O–H groups in total. The smallest absolute Gasteiger partial charge is 0.252 e. The van der Waals surface area contributed by atoms with Crippen molar-refractivity contribution in [2.75, 3.05) is 32.4 Å². The molecular formula is C20H21N5O4S. The molecule has 1 atom stereocenters. The molecule has 30 heavy (non-hydrogen) atoms. The highest BCUT2D eigenvalue weighted by molar-refractivity contribution is 8.00. The molecule has 1 aromatic carbocycles. The van der Waals surface area contributed by atoms with Crippen LogP contribution >= 0.6 is 11.8 Å². The largest absolute Gasteiger partial charge is 0.493 e. The molecule has 4 rings (SSSR count). The molecule has 3 aromatic rings. The first-order valence-corrected chi connectivity index (χ1v) is 10.2. The number of fused-ring (bicyclic) bond motifs is 1. The number of methoxy groups -OCH3 is 3. The van der Waals surface area contributed by atoms with Crippen molar-refractivity contribution < 1.29 is 19.0 Å². The van der Waals surface area contributed by atoms with Crippen LogP contribution in [-0.2, 0) is 4.79 Å². The van der Waals surface area contributed by atoms with Crippen molar-refractivity contribution in [3.05, 3.63) is 47.4 Å². The van der Waals surface area contributed by atoms with Gasteiger partial charge in [0.1, 0.15) is 5.82 Å². The van der Waals surface area contributed by atoms with Crippen molar-refractivity contribution in [3.63, 3.8) is 0 Å². The van der Waals surface area contributed by atoms with E-state index in [1.807, 2.05) is 19.1 Å². The Morgan fingerprint density at radius 2 is 1.77 bits per heavy atom. The molecule has 0 spiro atoms. The van der Waals surface area contributed by atoms with E-state index < -0.39 is 0 Å². The number of hydrogen-bond donors (Lipinski definition) is 1. The van der Waals surface area contributed by atoms with Crippen LogP contribution < -0.4 is 19.5 Å². The van der Waals surface area contributed by atoms with E-state index >= 15 is 0 Å². The molecule has 1 aliphatic rings. The second kappa shape index (κ2) is 8.23. The van der Waals surface area contributed by atoms with Gasteiger partial charge in [0.05, 0.1) is 38.0 Å². The molecule has 9 nitrogen and oxygen atoms in total. The first kappa shape index (κ1) is 20.0. The molecule has 1 aliphatic heterocycles. The minimum Gasteiger partial charge on any atom is -0.493 e. The van der Waals surface area contributed by atoms with Crippen LogP contribution in [0.15, 0.2) is 30.6 Å². The number of thioether (sulfide) groups is 1. The van der Waals surface area contributed by atoms with Crippen LogP contribution in [0, 0.1) is 6.92 Å². The third-order valence-corrected chi connectivity index (χ3v) is 6.01. The number of carbonyl (C=O) groups excluding carboxylic acids is 1. The van der Waals surface area contributed by atoms with Crippen LogP contribution in [0.3, 0.4) is 0 Å². The lowest BCUT2D eigenvalue weighted by Gasteiger charge is -2.19. The van der Waals surface area contributed by atoms with Gasteiger partial charge < -0.3 is 19.5 Å². The minimum absolute atomic E-state index is 0.117. The fourth-order valence-electron chi connectivity index (χ4n) is 3.44. The van der Waals surface area contributed by atoms with Crippen molar-refractivity contribution in [2.24, 2.45) is 0 Å². The summed E-state index contributed by atoms with van der Waals surface area (Å²) in [6.45, 7) is 1.90. The molecule has 0 saturated carbocycles. The molecule has 0 unspecified atom stereocenters. The number of rotatable bonds is 5. The molecular weight excluding hydrogens is 406 g/mol. The Morgan fingerprint density at radius 3 is 2.37 bits per heavy atom. The van der Waals surface area contributed by atoms with Gasteiger partial charge in [-0.3, -0.25) is 4.79 Å². The summed E-state index contributed by atoms with van der Waals surface area (Å²) in [7, 11) is 4.72. The van der Waals surface area contributed by atoms with Crippen molar-refractivity contribution in [1.29, 1.82) is 0 Å². The van der Waals surface area contributed by atoms with E-state index in [0.717, 1.165) is 16.8 Å². The second-order valence-electron chi connectivity index (χ2n) is 6.51. The Morgan fingerprint density at radius 1 is 1.10 bits per heavy atom. The Hall–Kier alpha value is -3.27. The molecule has 0 saturated heterocycles. The van der Waals surface area contributed by atoms with Crippen LogP contribution in [0.1, 0.15) is 22.1 Å². The van der Waals surface area contributed by atoms with Crippen molar-refractivity contribution in [1.82, 2.24) is 19.7 Å². The van der Waals surface area contributed by atoms with Gasteiger partial charge in [-0.05, 0) is 30.7 Å². The first-order valence-electron chi connectivity index (χ1n) is 9.15. The lowest BCUT2D eigenvalue weighted by molar-refractivity contribution is -0.113. The molecule has 0 bridgehead atoms. The van der Waals surface area contributed by atoms with Crippen LogP contribution in [0.2, 0.25) is 0 Å². The summed E-state index contributed by atoms with van der Waals surface area (Å²) < 4.78 is 18.0. The van der Waals surface area contributed by atoms with E-state index in [0.29, 0.717) is 29.0 Å². The fraction of sp³-hybridized carbons (Fsp3) is 0.300. The summed E-state index contributed by atoms with van der Waals surface area (Å²) in [4.78, 5) is 21.0.